The lowest BCUT2D eigenvalue weighted by atomic mass is 10.2. The topological polar surface area (TPSA) is 105 Å². The molecule has 0 bridgehead atoms. The Kier molecular flexibility index (Phi) is 5.39. The fourth-order valence-corrected chi connectivity index (χ4v) is 1.52. The van der Waals surface area contributed by atoms with Crippen LogP contribution in [0.3, 0.4) is 0 Å². The molecule has 0 aromatic heterocycles. The van der Waals surface area contributed by atoms with Crippen molar-refractivity contribution in [2.45, 2.75) is 19.4 Å². The number of halogens is 1. The largest absolute Gasteiger partial charge is 0.490 e. The smallest absolute Gasteiger partial charge is 0.322 e. The highest BCUT2D eigenvalue weighted by molar-refractivity contribution is 5.75. The van der Waals surface area contributed by atoms with Crippen molar-refractivity contribution in [1.29, 1.82) is 0 Å². The summed E-state index contributed by atoms with van der Waals surface area (Å²) >= 11 is 0. The molecule has 0 fully saturated rings. The number of rotatable bonds is 6. The lowest BCUT2D eigenvalue weighted by Gasteiger charge is -2.11. The van der Waals surface area contributed by atoms with E-state index >= 15 is 0 Å². The van der Waals surface area contributed by atoms with Gasteiger partial charge in [-0.05, 0) is 13.0 Å². The summed E-state index contributed by atoms with van der Waals surface area (Å²) in [6.07, 6.45) is 0.141. The van der Waals surface area contributed by atoms with Gasteiger partial charge < -0.3 is 15.2 Å². The van der Waals surface area contributed by atoms with Gasteiger partial charge in [0.15, 0.2) is 11.6 Å². The van der Waals surface area contributed by atoms with Gasteiger partial charge in [-0.1, -0.05) is 0 Å². The fourth-order valence-electron chi connectivity index (χ4n) is 1.52. The highest BCUT2D eigenvalue weighted by atomic mass is 19.1. The van der Waals surface area contributed by atoms with Gasteiger partial charge in [-0.15, -0.1) is 0 Å². The number of carbonyl (C=O) groups excluding carboxylic acids is 1. The lowest BCUT2D eigenvalue weighted by Crippen LogP contribution is -2.33. The Labute approximate surface area is 114 Å². The predicted octanol–water partition coefficient (Wildman–Crippen LogP) is 1.31. The maximum atomic E-state index is 13.6. The summed E-state index contributed by atoms with van der Waals surface area (Å²) in [4.78, 5) is 21.0. The number of carbonyl (C=O) groups is 1. The van der Waals surface area contributed by atoms with Crippen molar-refractivity contribution in [2.24, 2.45) is 5.73 Å². The zero-order valence-corrected chi connectivity index (χ0v) is 11.1. The van der Waals surface area contributed by atoms with Crippen LogP contribution in [0.1, 0.15) is 12.0 Å². The molecule has 0 aliphatic rings. The van der Waals surface area contributed by atoms with Crippen molar-refractivity contribution < 1.29 is 23.6 Å². The highest BCUT2D eigenvalue weighted by Gasteiger charge is 2.17. The van der Waals surface area contributed by atoms with E-state index in [1.807, 2.05) is 0 Å². The van der Waals surface area contributed by atoms with E-state index in [9.17, 15) is 19.3 Å². The summed E-state index contributed by atoms with van der Waals surface area (Å²) in [7, 11) is 1.21. The zero-order valence-electron chi connectivity index (χ0n) is 11.1. The van der Waals surface area contributed by atoms with Crippen molar-refractivity contribution in [3.63, 3.8) is 0 Å². The second-order valence-electron chi connectivity index (χ2n) is 4.09. The van der Waals surface area contributed by atoms with E-state index in [-0.39, 0.29) is 30.0 Å². The Morgan fingerprint density at radius 3 is 2.75 bits per heavy atom. The van der Waals surface area contributed by atoms with Crippen LogP contribution in [0.25, 0.3) is 0 Å². The molecule has 110 valence electrons. The van der Waals surface area contributed by atoms with Gasteiger partial charge in [0, 0.05) is 12.0 Å². The predicted molar refractivity (Wildman–Crippen MR) is 67.9 cm³/mol. The minimum absolute atomic E-state index is 0.00949. The molecule has 0 saturated heterocycles. The molecular weight excluding hydrogens is 271 g/mol. The molecule has 0 spiro atoms. The molecular formula is C12H15FN2O5. The van der Waals surface area contributed by atoms with Gasteiger partial charge in [0.25, 0.3) is 5.69 Å². The van der Waals surface area contributed by atoms with Crippen LogP contribution >= 0.6 is 0 Å². The van der Waals surface area contributed by atoms with Crippen LogP contribution in [-0.4, -0.2) is 30.7 Å². The Bertz CT molecular complexity index is 521. The first-order chi connectivity index (χ1) is 9.36. The van der Waals surface area contributed by atoms with Crippen LogP contribution in [0.5, 0.6) is 5.75 Å². The van der Waals surface area contributed by atoms with Gasteiger partial charge in [0.2, 0.25) is 0 Å². The summed E-state index contributed by atoms with van der Waals surface area (Å²) in [5.74, 6) is -1.55. The Morgan fingerprint density at radius 2 is 2.20 bits per heavy atom. The molecule has 1 unspecified atom stereocenters. The van der Waals surface area contributed by atoms with Crippen LogP contribution < -0.4 is 10.5 Å². The summed E-state index contributed by atoms with van der Waals surface area (Å²) < 4.78 is 23.2. The number of ether oxygens (including phenoxy) is 2. The van der Waals surface area contributed by atoms with Gasteiger partial charge in [-0.2, -0.15) is 0 Å². The van der Waals surface area contributed by atoms with Crippen LogP contribution in [0, 0.1) is 22.9 Å². The van der Waals surface area contributed by atoms with Crippen LogP contribution in [0.15, 0.2) is 12.1 Å². The summed E-state index contributed by atoms with van der Waals surface area (Å²) in [5, 5.41) is 10.6. The Hall–Kier alpha value is -2.22. The number of hydrogen-bond acceptors (Lipinski definition) is 6. The standard InChI is InChI=1S/C12H15FN2O5/c1-7-5-11(8(13)6-10(7)15(17)18)20-4-3-9(14)12(16)19-2/h5-6,9H,3-4,14H2,1-2H3. The molecule has 0 heterocycles. The number of nitro benzene ring substituents is 1. The summed E-state index contributed by atoms with van der Waals surface area (Å²) in [5.41, 5.74) is 5.45. The van der Waals surface area contributed by atoms with Gasteiger partial charge >= 0.3 is 5.97 Å². The SMILES string of the molecule is COC(=O)C(N)CCOc1cc(C)c([N+](=O)[O-])cc1F. The molecule has 1 rings (SSSR count). The number of nitrogens with two attached hydrogens (primary N) is 1. The number of nitro groups is 1. The minimum atomic E-state index is -0.859. The third kappa shape index (κ3) is 3.89. The van der Waals surface area contributed by atoms with E-state index < -0.39 is 22.8 Å². The zero-order chi connectivity index (χ0) is 15.3. The second-order valence-corrected chi connectivity index (χ2v) is 4.09. The summed E-state index contributed by atoms with van der Waals surface area (Å²) in [6, 6.07) is 1.17. The maximum absolute atomic E-state index is 13.6. The number of esters is 1. The maximum Gasteiger partial charge on any atom is 0.322 e. The number of nitrogens with zero attached hydrogens (tertiary/aromatic N) is 1. The van der Waals surface area contributed by atoms with Crippen molar-refractivity contribution in [2.75, 3.05) is 13.7 Å². The van der Waals surface area contributed by atoms with Crippen LogP contribution in [0.4, 0.5) is 10.1 Å². The van der Waals surface area contributed by atoms with Crippen molar-refractivity contribution in [3.8, 4) is 5.75 Å². The minimum Gasteiger partial charge on any atom is -0.490 e. The fraction of sp³-hybridized carbons (Fsp3) is 0.417. The van der Waals surface area contributed by atoms with Crippen LogP contribution in [-0.2, 0) is 9.53 Å². The highest BCUT2D eigenvalue weighted by Crippen LogP contribution is 2.27. The molecule has 1 atom stereocenters. The number of methoxy groups -OCH3 is 1. The molecule has 20 heavy (non-hydrogen) atoms. The quantitative estimate of drug-likeness (QED) is 0.480. The molecule has 0 aliphatic heterocycles. The normalized spacial score (nSPS) is 11.8. The number of benzene rings is 1. The van der Waals surface area contributed by atoms with Gasteiger partial charge in [0.1, 0.15) is 6.04 Å². The average molecular weight is 286 g/mol. The first kappa shape index (κ1) is 15.8. The van der Waals surface area contributed by atoms with E-state index in [4.69, 9.17) is 10.5 Å². The lowest BCUT2D eigenvalue weighted by molar-refractivity contribution is -0.385. The van der Waals surface area contributed by atoms with E-state index in [0.29, 0.717) is 0 Å². The molecule has 0 saturated carbocycles. The van der Waals surface area contributed by atoms with E-state index in [0.717, 1.165) is 6.07 Å². The van der Waals surface area contributed by atoms with E-state index in [2.05, 4.69) is 4.74 Å². The third-order valence-electron chi connectivity index (χ3n) is 2.64. The number of aryl methyl sites for hydroxylation is 1. The first-order valence-electron chi connectivity index (χ1n) is 5.77. The summed E-state index contributed by atoms with van der Waals surface area (Å²) in [6.45, 7) is 1.47. The Morgan fingerprint density at radius 1 is 1.55 bits per heavy atom. The van der Waals surface area contributed by atoms with Crippen molar-refractivity contribution in [3.05, 3.63) is 33.6 Å². The van der Waals surface area contributed by atoms with Gasteiger partial charge in [0.05, 0.1) is 24.7 Å². The molecule has 0 radical (unpaired) electrons. The Balaban J connectivity index is 2.68. The molecule has 7 nitrogen and oxygen atoms in total. The molecule has 2 N–H and O–H groups in total. The first-order valence-corrected chi connectivity index (χ1v) is 5.77. The third-order valence-corrected chi connectivity index (χ3v) is 2.64. The molecule has 0 aliphatic carbocycles. The molecule has 0 amide bonds. The van der Waals surface area contributed by atoms with Gasteiger partial charge in [-0.25, -0.2) is 4.39 Å². The van der Waals surface area contributed by atoms with E-state index in [1.165, 1.54) is 20.1 Å². The van der Waals surface area contributed by atoms with Crippen molar-refractivity contribution >= 4 is 11.7 Å². The number of hydrogen-bond donors (Lipinski definition) is 1. The monoisotopic (exact) mass is 286 g/mol. The molecule has 1 aromatic carbocycles. The van der Waals surface area contributed by atoms with Gasteiger partial charge in [-0.3, -0.25) is 14.9 Å². The second kappa shape index (κ2) is 6.80. The average Bonchev–Trinajstić information content (AvgIpc) is 2.40. The van der Waals surface area contributed by atoms with Crippen molar-refractivity contribution in [1.82, 2.24) is 0 Å². The van der Waals surface area contributed by atoms with E-state index in [1.54, 1.807) is 0 Å². The molecule has 1 aromatic rings. The van der Waals surface area contributed by atoms with Crippen LogP contribution in [0.2, 0.25) is 0 Å². The molecule has 8 heteroatoms.